The molecule has 31 heavy (non-hydrogen) atoms. The van der Waals surface area contributed by atoms with Crippen molar-refractivity contribution in [3.63, 3.8) is 0 Å². The lowest BCUT2D eigenvalue weighted by molar-refractivity contribution is -0.121. The minimum Gasteiger partial charge on any atom is -0.493 e. The fraction of sp³-hybridized carbons (Fsp3) is 0.136. The summed E-state index contributed by atoms with van der Waals surface area (Å²) >= 11 is 7.54. The number of ether oxygens (including phenoxy) is 2. The molecule has 0 spiro atoms. The maximum absolute atomic E-state index is 12.7. The summed E-state index contributed by atoms with van der Waals surface area (Å²) in [5, 5.41) is 9.82. The second-order valence-electron chi connectivity index (χ2n) is 6.36. The molecule has 0 bridgehead atoms. The van der Waals surface area contributed by atoms with Gasteiger partial charge in [0.05, 0.1) is 28.3 Å². The van der Waals surface area contributed by atoms with Gasteiger partial charge >= 0.3 is 5.97 Å². The molecular weight excluding hydrogens is 440 g/mol. The Hall–Kier alpha value is -3.23. The van der Waals surface area contributed by atoms with Crippen molar-refractivity contribution in [2.75, 3.05) is 20.8 Å². The Balaban J connectivity index is 1.88. The summed E-state index contributed by atoms with van der Waals surface area (Å²) in [5.41, 5.74) is 1.38. The van der Waals surface area contributed by atoms with Crippen LogP contribution in [-0.4, -0.2) is 47.8 Å². The Morgan fingerprint density at radius 3 is 2.65 bits per heavy atom. The van der Waals surface area contributed by atoms with Gasteiger partial charge in [-0.2, -0.15) is 0 Å². The first-order chi connectivity index (χ1) is 14.8. The summed E-state index contributed by atoms with van der Waals surface area (Å²) in [6.45, 7) is 3.89. The third-order valence-corrected chi connectivity index (χ3v) is 5.58. The number of benzene rings is 2. The van der Waals surface area contributed by atoms with Gasteiger partial charge in [0.1, 0.15) is 6.61 Å². The molecule has 3 rings (SSSR count). The normalized spacial score (nSPS) is 16.1. The lowest BCUT2D eigenvalue weighted by atomic mass is 10.2. The highest BCUT2D eigenvalue weighted by Gasteiger charge is 2.30. The van der Waals surface area contributed by atoms with Crippen molar-refractivity contribution in [1.82, 2.24) is 4.90 Å². The van der Waals surface area contributed by atoms with E-state index in [0.29, 0.717) is 37.8 Å². The standard InChI is InChI=1S/C22H19ClN2O5S/c1-4-9-30-19-16(23)10-13(11-17(19)29-3)12-18-20(26)25(2)22(31-18)24-15-7-5-14(6-8-15)21(27)28/h4-8,10-12H,1,9H2,2-3H3,(H,27,28)/b18-12-,24-22?. The number of carboxylic acids is 1. The Labute approximate surface area is 188 Å². The van der Waals surface area contributed by atoms with Crippen LogP contribution in [0.1, 0.15) is 15.9 Å². The molecule has 0 atom stereocenters. The molecule has 2 aromatic carbocycles. The Morgan fingerprint density at radius 2 is 2.03 bits per heavy atom. The van der Waals surface area contributed by atoms with Crippen LogP contribution in [-0.2, 0) is 4.79 Å². The van der Waals surface area contributed by atoms with E-state index in [1.54, 1.807) is 43.5 Å². The van der Waals surface area contributed by atoms with Crippen LogP contribution in [0.5, 0.6) is 11.5 Å². The van der Waals surface area contributed by atoms with Gasteiger partial charge < -0.3 is 14.6 Å². The van der Waals surface area contributed by atoms with Crippen molar-refractivity contribution in [2.24, 2.45) is 4.99 Å². The van der Waals surface area contributed by atoms with E-state index < -0.39 is 5.97 Å². The largest absolute Gasteiger partial charge is 0.493 e. The zero-order valence-corrected chi connectivity index (χ0v) is 18.4. The number of aromatic carboxylic acids is 1. The minimum atomic E-state index is -1.01. The first-order valence-corrected chi connectivity index (χ1v) is 10.2. The van der Waals surface area contributed by atoms with Crippen LogP contribution < -0.4 is 9.47 Å². The van der Waals surface area contributed by atoms with Crippen LogP contribution in [0.25, 0.3) is 6.08 Å². The molecule has 1 aliphatic rings. The zero-order valence-electron chi connectivity index (χ0n) is 16.8. The smallest absolute Gasteiger partial charge is 0.335 e. The minimum absolute atomic E-state index is 0.166. The van der Waals surface area contributed by atoms with Crippen molar-refractivity contribution in [3.05, 3.63) is 70.1 Å². The van der Waals surface area contributed by atoms with Crippen molar-refractivity contribution >= 4 is 52.2 Å². The van der Waals surface area contributed by atoms with Crippen molar-refractivity contribution in [2.45, 2.75) is 0 Å². The molecule has 1 saturated heterocycles. The number of amidine groups is 1. The van der Waals surface area contributed by atoms with Gasteiger partial charge in [-0.05, 0) is 59.8 Å². The lowest BCUT2D eigenvalue weighted by Gasteiger charge is -2.12. The van der Waals surface area contributed by atoms with Gasteiger partial charge in [0.25, 0.3) is 5.91 Å². The fourth-order valence-corrected chi connectivity index (χ4v) is 3.96. The summed E-state index contributed by atoms with van der Waals surface area (Å²) in [7, 11) is 3.13. The van der Waals surface area contributed by atoms with Crippen LogP contribution in [0.3, 0.4) is 0 Å². The number of thioether (sulfide) groups is 1. The topological polar surface area (TPSA) is 88.4 Å². The molecule has 2 aromatic rings. The first kappa shape index (κ1) is 22.5. The van der Waals surface area contributed by atoms with Crippen LogP contribution >= 0.6 is 23.4 Å². The molecule has 7 nitrogen and oxygen atoms in total. The molecule has 0 aromatic heterocycles. The highest BCUT2D eigenvalue weighted by molar-refractivity contribution is 8.18. The molecule has 1 fully saturated rings. The van der Waals surface area contributed by atoms with Gasteiger partial charge in [-0.15, -0.1) is 0 Å². The summed E-state index contributed by atoms with van der Waals surface area (Å²) in [6.07, 6.45) is 3.30. The molecule has 0 aliphatic carbocycles. The predicted molar refractivity (Wildman–Crippen MR) is 123 cm³/mol. The van der Waals surface area contributed by atoms with E-state index in [-0.39, 0.29) is 18.1 Å². The van der Waals surface area contributed by atoms with Gasteiger partial charge in [-0.1, -0.05) is 24.3 Å². The third-order valence-electron chi connectivity index (χ3n) is 4.24. The molecular formula is C22H19ClN2O5S. The highest BCUT2D eigenvalue weighted by Crippen LogP contribution is 2.39. The molecule has 160 valence electrons. The Kier molecular flexibility index (Phi) is 7.04. The maximum Gasteiger partial charge on any atom is 0.335 e. The molecule has 1 N–H and O–H groups in total. The second kappa shape index (κ2) is 9.72. The average Bonchev–Trinajstić information content (AvgIpc) is 3.00. The number of carbonyl (C=O) groups is 2. The van der Waals surface area contributed by atoms with E-state index in [2.05, 4.69) is 11.6 Å². The molecule has 1 heterocycles. The van der Waals surface area contributed by atoms with E-state index in [4.69, 9.17) is 26.2 Å². The van der Waals surface area contributed by atoms with E-state index in [1.165, 1.54) is 35.9 Å². The van der Waals surface area contributed by atoms with Crippen LogP contribution in [0, 0.1) is 0 Å². The van der Waals surface area contributed by atoms with E-state index in [0.717, 1.165) is 0 Å². The van der Waals surface area contributed by atoms with Crippen LogP contribution in [0.2, 0.25) is 5.02 Å². The Morgan fingerprint density at radius 1 is 1.32 bits per heavy atom. The number of amides is 1. The predicted octanol–water partition coefficient (Wildman–Crippen LogP) is 4.85. The van der Waals surface area contributed by atoms with Gasteiger partial charge in [-0.3, -0.25) is 9.69 Å². The number of methoxy groups -OCH3 is 1. The number of hydrogen-bond acceptors (Lipinski definition) is 6. The summed E-state index contributed by atoms with van der Waals surface area (Å²) in [6, 6.07) is 9.51. The summed E-state index contributed by atoms with van der Waals surface area (Å²) in [5.74, 6) is -0.381. The Bertz CT molecular complexity index is 1100. The van der Waals surface area contributed by atoms with Gasteiger partial charge in [0.15, 0.2) is 16.7 Å². The molecule has 0 unspecified atom stereocenters. The third kappa shape index (κ3) is 5.10. The first-order valence-electron chi connectivity index (χ1n) is 9.05. The molecule has 0 radical (unpaired) electrons. The maximum atomic E-state index is 12.7. The van der Waals surface area contributed by atoms with Gasteiger partial charge in [0.2, 0.25) is 0 Å². The average molecular weight is 459 g/mol. The number of carboxylic acid groups (broad SMARTS) is 1. The lowest BCUT2D eigenvalue weighted by Crippen LogP contribution is -2.23. The van der Waals surface area contributed by atoms with E-state index >= 15 is 0 Å². The molecule has 9 heteroatoms. The summed E-state index contributed by atoms with van der Waals surface area (Å²) < 4.78 is 10.9. The number of rotatable bonds is 7. The molecule has 0 saturated carbocycles. The monoisotopic (exact) mass is 458 g/mol. The zero-order chi connectivity index (χ0) is 22.5. The van der Waals surface area contributed by atoms with Crippen molar-refractivity contribution in [1.29, 1.82) is 0 Å². The van der Waals surface area contributed by atoms with Crippen LogP contribution in [0.4, 0.5) is 5.69 Å². The van der Waals surface area contributed by atoms with E-state index in [9.17, 15) is 9.59 Å². The molecule has 1 amide bonds. The van der Waals surface area contributed by atoms with E-state index in [1.807, 2.05) is 0 Å². The molecule has 1 aliphatic heterocycles. The number of halogens is 1. The fourth-order valence-electron chi connectivity index (χ4n) is 2.70. The van der Waals surface area contributed by atoms with Crippen LogP contribution in [0.15, 0.2) is 59.0 Å². The number of nitrogens with zero attached hydrogens (tertiary/aromatic N) is 2. The van der Waals surface area contributed by atoms with Gasteiger partial charge in [-0.25, -0.2) is 9.79 Å². The highest BCUT2D eigenvalue weighted by atomic mass is 35.5. The summed E-state index contributed by atoms with van der Waals surface area (Å²) in [4.78, 5) is 30.0. The number of carbonyl (C=O) groups excluding carboxylic acids is 1. The van der Waals surface area contributed by atoms with Crippen molar-refractivity contribution < 1.29 is 24.2 Å². The number of likely N-dealkylation sites (N-methyl/N-ethyl adjacent to an activating group) is 1. The SMILES string of the molecule is C=CCOc1c(Cl)cc(/C=C2\SC(=Nc3ccc(C(=O)O)cc3)N(C)C2=O)cc1OC. The number of aliphatic imine (C=N–C) groups is 1. The second-order valence-corrected chi connectivity index (χ2v) is 7.77. The van der Waals surface area contributed by atoms with Crippen molar-refractivity contribution in [3.8, 4) is 11.5 Å². The number of hydrogen-bond donors (Lipinski definition) is 1. The van der Waals surface area contributed by atoms with Gasteiger partial charge in [0, 0.05) is 7.05 Å². The quantitative estimate of drug-likeness (QED) is 0.471.